The van der Waals surface area contributed by atoms with Crippen LogP contribution in [0.2, 0.25) is 18.1 Å². The molecule has 0 spiro atoms. The molecule has 272 valence electrons. The maximum Gasteiger partial charge on any atom is 0.409 e. The van der Waals surface area contributed by atoms with Crippen LogP contribution in [-0.4, -0.2) is 42.1 Å². The van der Waals surface area contributed by atoms with Gasteiger partial charge in [0.25, 0.3) is 0 Å². The molecule has 5 aromatic rings. The number of fused-ring (bicyclic) bond motifs is 1. The van der Waals surface area contributed by atoms with E-state index >= 15 is 0 Å². The number of aromatic amines is 1. The van der Waals surface area contributed by atoms with E-state index in [0.29, 0.717) is 49.2 Å². The number of H-pyrrole nitrogens is 1. The molecule has 0 saturated heterocycles. The third-order valence-electron chi connectivity index (χ3n) is 9.67. The van der Waals surface area contributed by atoms with Crippen LogP contribution >= 0.6 is 0 Å². The SMILES string of the molecule is CC(C)(C)[Si](C)(C)O[C@H](CNCc1ccc(NC(=O)CCCc2ccc(-c3ccccc3)c(NC(=O)O)c2)cc1)c1ccc(O)c2[nH]c(=O)ccc12. The van der Waals surface area contributed by atoms with Crippen LogP contribution in [0.25, 0.3) is 22.0 Å². The van der Waals surface area contributed by atoms with E-state index in [9.17, 15) is 24.6 Å². The van der Waals surface area contributed by atoms with Crippen molar-refractivity contribution in [3.05, 3.63) is 124 Å². The maximum absolute atomic E-state index is 12.8. The summed E-state index contributed by atoms with van der Waals surface area (Å²) in [6.45, 7) is 12.1. The van der Waals surface area contributed by atoms with Crippen molar-refractivity contribution in [2.24, 2.45) is 0 Å². The number of carbonyl (C=O) groups is 2. The largest absolute Gasteiger partial charge is 0.506 e. The second kappa shape index (κ2) is 16.4. The average molecular weight is 721 g/mol. The van der Waals surface area contributed by atoms with E-state index in [1.807, 2.05) is 78.9 Å². The lowest BCUT2D eigenvalue weighted by molar-refractivity contribution is -0.116. The molecule has 5 rings (SSSR count). The number of phenolic OH excluding ortho intramolecular Hbond substituents is 1. The molecular weight excluding hydrogens is 673 g/mol. The van der Waals surface area contributed by atoms with E-state index in [2.05, 4.69) is 54.8 Å². The zero-order chi connectivity index (χ0) is 37.5. The Kier molecular flexibility index (Phi) is 12.0. The van der Waals surface area contributed by atoms with Crippen molar-refractivity contribution in [3.8, 4) is 16.9 Å². The van der Waals surface area contributed by atoms with Crippen molar-refractivity contribution < 1.29 is 24.2 Å². The predicted octanol–water partition coefficient (Wildman–Crippen LogP) is 8.80. The minimum Gasteiger partial charge on any atom is -0.506 e. The number of aromatic nitrogens is 1. The van der Waals surface area contributed by atoms with Gasteiger partial charge in [-0.1, -0.05) is 81.4 Å². The second-order valence-corrected chi connectivity index (χ2v) is 19.3. The van der Waals surface area contributed by atoms with Gasteiger partial charge in [-0.05, 0) is 83.6 Å². The van der Waals surface area contributed by atoms with E-state index in [1.54, 1.807) is 12.1 Å². The normalized spacial score (nSPS) is 12.4. The minimum absolute atomic E-state index is 0.0145. The van der Waals surface area contributed by atoms with Gasteiger partial charge in [0.05, 0.1) is 17.3 Å². The standard InChI is InChI=1S/C41H48N4O6Si/c1-41(2,3)52(4,5)51-36(32-20-22-35(46)39-33(32)21-23-38(48)45-39)26-42-25-28-14-17-30(18-15-28)43-37(47)13-9-10-27-16-19-31(29-11-7-6-8-12-29)34(24-27)44-40(49)50/h6-8,11-12,14-24,36,42,44,46H,9-10,13,25-26H2,1-5H3,(H,43,47)(H,45,48)(H,49,50)/t36-/m1/s1. The summed E-state index contributed by atoms with van der Waals surface area (Å²) in [6, 6.07) is 29.7. The summed E-state index contributed by atoms with van der Waals surface area (Å²) in [6.07, 6.45) is 0.101. The molecule has 11 heteroatoms. The first-order valence-corrected chi connectivity index (χ1v) is 20.4. The number of anilines is 2. The molecule has 0 aliphatic carbocycles. The Morgan fingerprint density at radius 3 is 2.29 bits per heavy atom. The number of nitrogens with one attached hydrogen (secondary N) is 4. The van der Waals surface area contributed by atoms with E-state index in [4.69, 9.17) is 4.43 Å². The average Bonchev–Trinajstić information content (AvgIpc) is 3.09. The molecule has 1 heterocycles. The number of hydrogen-bond donors (Lipinski definition) is 6. The van der Waals surface area contributed by atoms with Gasteiger partial charge in [-0.15, -0.1) is 0 Å². The first-order valence-electron chi connectivity index (χ1n) is 17.5. The van der Waals surface area contributed by atoms with Gasteiger partial charge in [0.2, 0.25) is 11.5 Å². The highest BCUT2D eigenvalue weighted by Crippen LogP contribution is 2.41. The highest BCUT2D eigenvalue weighted by atomic mass is 28.4. The summed E-state index contributed by atoms with van der Waals surface area (Å²) in [5.74, 6) is -0.0793. The molecule has 4 aromatic carbocycles. The van der Waals surface area contributed by atoms with E-state index in [1.165, 1.54) is 6.07 Å². The lowest BCUT2D eigenvalue weighted by atomic mass is 9.99. The quantitative estimate of drug-likeness (QED) is 0.0627. The summed E-state index contributed by atoms with van der Waals surface area (Å²) in [5.41, 5.74) is 5.92. The number of carboxylic acid groups (broad SMARTS) is 1. The van der Waals surface area contributed by atoms with Crippen LogP contribution in [0.15, 0.2) is 102 Å². The highest BCUT2D eigenvalue weighted by Gasteiger charge is 2.39. The van der Waals surface area contributed by atoms with Gasteiger partial charge >= 0.3 is 6.09 Å². The monoisotopic (exact) mass is 720 g/mol. The highest BCUT2D eigenvalue weighted by molar-refractivity contribution is 6.74. The third-order valence-corrected chi connectivity index (χ3v) is 14.2. The Bertz CT molecular complexity index is 2070. The second-order valence-electron chi connectivity index (χ2n) is 14.6. The molecule has 52 heavy (non-hydrogen) atoms. The topological polar surface area (TPSA) is 153 Å². The van der Waals surface area contributed by atoms with Crippen LogP contribution in [0.5, 0.6) is 5.75 Å². The lowest BCUT2D eigenvalue weighted by Gasteiger charge is -2.39. The van der Waals surface area contributed by atoms with Gasteiger partial charge in [-0.3, -0.25) is 14.9 Å². The van der Waals surface area contributed by atoms with Gasteiger partial charge in [0.1, 0.15) is 5.75 Å². The molecular formula is C41H48N4O6Si. The maximum atomic E-state index is 12.8. The number of amides is 2. The molecule has 10 nitrogen and oxygen atoms in total. The Hall–Kier alpha value is -5.23. The van der Waals surface area contributed by atoms with Crippen molar-refractivity contribution in [3.63, 3.8) is 0 Å². The molecule has 0 aliphatic rings. The molecule has 2 amide bonds. The Morgan fingerprint density at radius 1 is 0.885 bits per heavy atom. The fraction of sp³-hybridized carbons (Fsp3) is 0.293. The summed E-state index contributed by atoms with van der Waals surface area (Å²) in [5, 5.41) is 29.6. The van der Waals surface area contributed by atoms with Gasteiger partial charge in [0, 0.05) is 42.2 Å². The number of aromatic hydroxyl groups is 1. The molecule has 0 fully saturated rings. The summed E-state index contributed by atoms with van der Waals surface area (Å²) in [4.78, 5) is 39.0. The molecule has 0 aliphatic heterocycles. The number of carbonyl (C=O) groups excluding carboxylic acids is 1. The molecule has 0 unspecified atom stereocenters. The van der Waals surface area contributed by atoms with Crippen LogP contribution in [0.3, 0.4) is 0 Å². The molecule has 0 radical (unpaired) electrons. The summed E-state index contributed by atoms with van der Waals surface area (Å²) < 4.78 is 6.90. The van der Waals surface area contributed by atoms with Gasteiger partial charge in [-0.25, -0.2) is 4.79 Å². The molecule has 1 atom stereocenters. The molecule has 1 aromatic heterocycles. The number of hydrogen-bond acceptors (Lipinski definition) is 6. The number of aryl methyl sites for hydroxylation is 1. The summed E-state index contributed by atoms with van der Waals surface area (Å²) in [7, 11) is -2.21. The van der Waals surface area contributed by atoms with Gasteiger partial charge < -0.3 is 30.3 Å². The third kappa shape index (κ3) is 9.75. The number of pyridine rings is 1. The molecule has 0 bridgehead atoms. The smallest absolute Gasteiger partial charge is 0.409 e. The minimum atomic E-state index is -2.21. The van der Waals surface area contributed by atoms with Crippen molar-refractivity contribution >= 4 is 42.6 Å². The number of benzene rings is 4. The van der Waals surface area contributed by atoms with Crippen molar-refractivity contribution in [1.82, 2.24) is 10.3 Å². The molecule has 6 N–H and O–H groups in total. The lowest BCUT2D eigenvalue weighted by Crippen LogP contribution is -2.43. The van der Waals surface area contributed by atoms with Gasteiger partial charge in [0.15, 0.2) is 8.32 Å². The number of rotatable bonds is 14. The fourth-order valence-electron chi connectivity index (χ4n) is 5.85. The first kappa shape index (κ1) is 38.0. The first-order chi connectivity index (χ1) is 24.7. The Balaban J connectivity index is 1.17. The summed E-state index contributed by atoms with van der Waals surface area (Å²) >= 11 is 0. The van der Waals surface area contributed by atoms with Crippen molar-refractivity contribution in [1.29, 1.82) is 0 Å². The van der Waals surface area contributed by atoms with Gasteiger partial charge in [-0.2, -0.15) is 0 Å². The zero-order valence-corrected chi connectivity index (χ0v) is 31.4. The van der Waals surface area contributed by atoms with Crippen LogP contribution in [0.4, 0.5) is 16.2 Å². The zero-order valence-electron chi connectivity index (χ0n) is 30.4. The number of phenols is 1. The van der Waals surface area contributed by atoms with Crippen LogP contribution in [-0.2, 0) is 22.2 Å². The van der Waals surface area contributed by atoms with Crippen LogP contribution < -0.4 is 21.5 Å². The molecule has 0 saturated carbocycles. The van der Waals surface area contributed by atoms with E-state index < -0.39 is 14.4 Å². The van der Waals surface area contributed by atoms with E-state index in [0.717, 1.165) is 33.2 Å². The van der Waals surface area contributed by atoms with E-state index in [-0.39, 0.29) is 28.4 Å². The predicted molar refractivity (Wildman–Crippen MR) is 210 cm³/mol. The van der Waals surface area contributed by atoms with Crippen molar-refractivity contribution in [2.45, 2.75) is 70.8 Å². The Labute approximate surface area is 305 Å². The fourth-order valence-corrected chi connectivity index (χ4v) is 7.13. The van der Waals surface area contributed by atoms with Crippen LogP contribution in [0, 0.1) is 0 Å². The van der Waals surface area contributed by atoms with Crippen LogP contribution in [0.1, 0.15) is 56.4 Å². The Morgan fingerprint density at radius 2 is 1.60 bits per heavy atom. The van der Waals surface area contributed by atoms with Crippen molar-refractivity contribution in [2.75, 3.05) is 17.2 Å².